The highest BCUT2D eigenvalue weighted by Crippen LogP contribution is 2.51. The predicted octanol–water partition coefficient (Wildman–Crippen LogP) is 2.90. The summed E-state index contributed by atoms with van der Waals surface area (Å²) in [5.41, 5.74) is -1.72. The SMILES string of the molecule is C[C@H](CC(F)(F)F)C(=O)N1CCC(O)(Cn2cnc3ccncc3c2=O)C2(CCCC2)C1. The quantitative estimate of drug-likeness (QED) is 0.771. The topological polar surface area (TPSA) is 88.3 Å². The van der Waals surface area contributed by atoms with Gasteiger partial charge in [-0.1, -0.05) is 19.8 Å². The first-order valence-corrected chi connectivity index (χ1v) is 10.9. The molecule has 2 aliphatic rings. The molecule has 1 saturated heterocycles. The second-order valence-corrected chi connectivity index (χ2v) is 9.32. The van der Waals surface area contributed by atoms with Crippen LogP contribution in [-0.2, 0) is 11.3 Å². The van der Waals surface area contributed by atoms with E-state index in [-0.39, 0.29) is 31.6 Å². The second-order valence-electron chi connectivity index (χ2n) is 9.32. The highest BCUT2D eigenvalue weighted by atomic mass is 19.4. The number of aromatic nitrogens is 3. The number of hydrogen-bond donors (Lipinski definition) is 1. The fourth-order valence-corrected chi connectivity index (χ4v) is 5.43. The molecule has 174 valence electrons. The molecule has 2 fully saturated rings. The van der Waals surface area contributed by atoms with Crippen molar-refractivity contribution in [1.29, 1.82) is 0 Å². The van der Waals surface area contributed by atoms with Gasteiger partial charge in [0.25, 0.3) is 5.56 Å². The number of likely N-dealkylation sites (tertiary alicyclic amines) is 1. The molecule has 1 N–H and O–H groups in total. The van der Waals surface area contributed by atoms with E-state index in [1.165, 1.54) is 28.9 Å². The van der Waals surface area contributed by atoms with Crippen LogP contribution in [0.5, 0.6) is 0 Å². The first-order valence-electron chi connectivity index (χ1n) is 10.9. The van der Waals surface area contributed by atoms with Gasteiger partial charge in [0.1, 0.15) is 0 Å². The van der Waals surface area contributed by atoms with Crippen LogP contribution in [-0.4, -0.2) is 55.3 Å². The average molecular weight is 452 g/mol. The number of amides is 1. The Morgan fingerprint density at radius 2 is 2.00 bits per heavy atom. The predicted molar refractivity (Wildman–Crippen MR) is 111 cm³/mol. The number of halogens is 3. The van der Waals surface area contributed by atoms with Crippen LogP contribution in [0.3, 0.4) is 0 Å². The third-order valence-corrected chi connectivity index (χ3v) is 7.16. The monoisotopic (exact) mass is 452 g/mol. The fraction of sp³-hybridized carbons (Fsp3) is 0.636. The van der Waals surface area contributed by atoms with Gasteiger partial charge in [-0.15, -0.1) is 0 Å². The third kappa shape index (κ3) is 4.12. The smallest absolute Gasteiger partial charge is 0.387 e. The molecule has 2 aromatic rings. The molecule has 1 unspecified atom stereocenters. The normalized spacial score (nSPS) is 24.2. The van der Waals surface area contributed by atoms with Gasteiger partial charge in [0.2, 0.25) is 5.91 Å². The van der Waals surface area contributed by atoms with Crippen LogP contribution >= 0.6 is 0 Å². The van der Waals surface area contributed by atoms with Crippen LogP contribution in [0.25, 0.3) is 10.9 Å². The second kappa shape index (κ2) is 8.13. The van der Waals surface area contributed by atoms with E-state index in [0.29, 0.717) is 23.7 Å². The van der Waals surface area contributed by atoms with Gasteiger partial charge < -0.3 is 10.0 Å². The molecule has 2 atom stereocenters. The van der Waals surface area contributed by atoms with Gasteiger partial charge in [-0.3, -0.25) is 19.1 Å². The van der Waals surface area contributed by atoms with Crippen LogP contribution in [0, 0.1) is 11.3 Å². The molecule has 3 heterocycles. The van der Waals surface area contributed by atoms with Crippen LogP contribution in [0.4, 0.5) is 13.2 Å². The van der Waals surface area contributed by atoms with Crippen molar-refractivity contribution in [2.75, 3.05) is 13.1 Å². The molecule has 1 aliphatic heterocycles. The fourth-order valence-electron chi connectivity index (χ4n) is 5.43. The summed E-state index contributed by atoms with van der Waals surface area (Å²) in [6, 6.07) is 1.64. The Morgan fingerprint density at radius 1 is 1.28 bits per heavy atom. The number of alkyl halides is 3. The summed E-state index contributed by atoms with van der Waals surface area (Å²) in [5, 5.41) is 12.1. The lowest BCUT2D eigenvalue weighted by Crippen LogP contribution is -2.62. The number of fused-ring (bicyclic) bond motifs is 1. The van der Waals surface area contributed by atoms with E-state index >= 15 is 0 Å². The molecule has 1 aliphatic carbocycles. The minimum absolute atomic E-state index is 0.0177. The molecule has 0 bridgehead atoms. The zero-order chi connectivity index (χ0) is 23.1. The molecule has 0 aromatic carbocycles. The highest BCUT2D eigenvalue weighted by molar-refractivity contribution is 5.79. The number of carbonyl (C=O) groups excluding carboxylic acids is 1. The molecule has 2 aromatic heterocycles. The van der Waals surface area contributed by atoms with Crippen molar-refractivity contribution in [1.82, 2.24) is 19.4 Å². The highest BCUT2D eigenvalue weighted by Gasteiger charge is 2.56. The molecule has 1 amide bonds. The Kier molecular flexibility index (Phi) is 5.77. The van der Waals surface area contributed by atoms with Gasteiger partial charge >= 0.3 is 6.18 Å². The summed E-state index contributed by atoms with van der Waals surface area (Å²) >= 11 is 0. The van der Waals surface area contributed by atoms with Gasteiger partial charge in [-0.05, 0) is 25.3 Å². The molecule has 32 heavy (non-hydrogen) atoms. The first kappa shape index (κ1) is 22.7. The minimum Gasteiger partial charge on any atom is -0.387 e. The Labute approximate surface area is 183 Å². The molecule has 1 saturated carbocycles. The van der Waals surface area contributed by atoms with Crippen molar-refractivity contribution in [3.8, 4) is 0 Å². The summed E-state index contributed by atoms with van der Waals surface area (Å²) in [4.78, 5) is 35.5. The molecular weight excluding hydrogens is 425 g/mol. The van der Waals surface area contributed by atoms with Gasteiger partial charge in [-0.2, -0.15) is 13.2 Å². The van der Waals surface area contributed by atoms with E-state index in [0.717, 1.165) is 12.8 Å². The van der Waals surface area contributed by atoms with E-state index < -0.39 is 35.4 Å². The van der Waals surface area contributed by atoms with Crippen molar-refractivity contribution < 1.29 is 23.1 Å². The molecule has 0 radical (unpaired) electrons. The summed E-state index contributed by atoms with van der Waals surface area (Å²) in [6.45, 7) is 1.66. The maximum atomic E-state index is 12.9. The zero-order valence-electron chi connectivity index (χ0n) is 17.9. The number of piperidine rings is 1. The number of carbonyl (C=O) groups is 1. The Hall–Kier alpha value is -2.49. The van der Waals surface area contributed by atoms with Crippen molar-refractivity contribution in [3.63, 3.8) is 0 Å². The lowest BCUT2D eigenvalue weighted by atomic mass is 9.65. The van der Waals surface area contributed by atoms with Crippen molar-refractivity contribution in [2.24, 2.45) is 11.3 Å². The summed E-state index contributed by atoms with van der Waals surface area (Å²) in [5.74, 6) is -1.70. The summed E-state index contributed by atoms with van der Waals surface area (Å²) in [6.07, 6.45) is 2.04. The zero-order valence-corrected chi connectivity index (χ0v) is 17.9. The van der Waals surface area contributed by atoms with Crippen molar-refractivity contribution in [3.05, 3.63) is 35.1 Å². The van der Waals surface area contributed by atoms with Crippen LogP contribution in [0.2, 0.25) is 0 Å². The average Bonchev–Trinajstić information content (AvgIpc) is 3.21. The van der Waals surface area contributed by atoms with Crippen molar-refractivity contribution in [2.45, 2.75) is 63.8 Å². The maximum Gasteiger partial charge on any atom is 0.389 e. The van der Waals surface area contributed by atoms with Crippen LogP contribution in [0.1, 0.15) is 45.4 Å². The Morgan fingerprint density at radius 3 is 2.69 bits per heavy atom. The van der Waals surface area contributed by atoms with Crippen LogP contribution in [0.15, 0.2) is 29.6 Å². The Bertz CT molecular complexity index is 1060. The van der Waals surface area contributed by atoms with Crippen LogP contribution < -0.4 is 5.56 Å². The van der Waals surface area contributed by atoms with Crippen molar-refractivity contribution >= 4 is 16.8 Å². The maximum absolute atomic E-state index is 12.9. The molecule has 4 rings (SSSR count). The van der Waals surface area contributed by atoms with E-state index in [4.69, 9.17) is 0 Å². The number of rotatable bonds is 4. The Balaban J connectivity index is 1.59. The number of pyridine rings is 1. The van der Waals surface area contributed by atoms with Gasteiger partial charge in [-0.25, -0.2) is 4.98 Å². The molecule has 1 spiro atoms. The molecule has 7 nitrogen and oxygen atoms in total. The minimum atomic E-state index is -4.41. The third-order valence-electron chi connectivity index (χ3n) is 7.16. The first-order chi connectivity index (χ1) is 15.0. The molecular formula is C22H27F3N4O3. The standard InChI is InChI=1S/C22H27F3N4O3/c1-15(10-22(23,24)25)18(30)28-9-7-21(32,20(12-28)5-2-3-6-20)13-29-14-27-17-4-8-26-11-16(17)19(29)31/h4,8,11,14-15,32H,2-3,5-7,9-10,12-13H2,1H3/t15-,21?/m1/s1. The van der Waals surface area contributed by atoms with E-state index in [1.807, 2.05) is 0 Å². The largest absolute Gasteiger partial charge is 0.389 e. The summed E-state index contributed by atoms with van der Waals surface area (Å²) < 4.78 is 39.7. The molecule has 10 heteroatoms. The van der Waals surface area contributed by atoms with Gasteiger partial charge in [0.05, 0.1) is 35.8 Å². The van der Waals surface area contributed by atoms with E-state index in [9.17, 15) is 27.9 Å². The summed E-state index contributed by atoms with van der Waals surface area (Å²) in [7, 11) is 0. The lowest BCUT2D eigenvalue weighted by molar-refractivity contribution is -0.172. The van der Waals surface area contributed by atoms with E-state index in [2.05, 4.69) is 9.97 Å². The number of hydrogen-bond acceptors (Lipinski definition) is 5. The number of aliphatic hydroxyl groups is 1. The van der Waals surface area contributed by atoms with E-state index in [1.54, 1.807) is 12.3 Å². The van der Waals surface area contributed by atoms with Gasteiger partial charge in [0, 0.05) is 36.8 Å². The number of nitrogens with zero attached hydrogens (tertiary/aromatic N) is 4. The lowest BCUT2D eigenvalue weighted by Gasteiger charge is -2.52. The van der Waals surface area contributed by atoms with Gasteiger partial charge in [0.15, 0.2) is 0 Å².